The summed E-state index contributed by atoms with van der Waals surface area (Å²) in [6, 6.07) is 22.7. The van der Waals surface area contributed by atoms with Crippen molar-refractivity contribution in [1.82, 2.24) is 0 Å². The molecule has 2 radical (unpaired) electrons. The Labute approximate surface area is 218 Å². The molecule has 0 spiro atoms. The van der Waals surface area contributed by atoms with Crippen LogP contribution in [0.25, 0.3) is 0 Å². The van der Waals surface area contributed by atoms with Gasteiger partial charge in [-0.1, -0.05) is 26.2 Å². The molecule has 0 aliphatic heterocycles. The molecule has 0 aliphatic rings. The maximum atomic E-state index is 3.58. The van der Waals surface area contributed by atoms with Crippen LogP contribution in [0.5, 0.6) is 0 Å². The van der Waals surface area contributed by atoms with Crippen molar-refractivity contribution in [2.75, 3.05) is 12.3 Å². The van der Waals surface area contributed by atoms with Crippen LogP contribution in [0.1, 0.15) is 49.7 Å². The van der Waals surface area contributed by atoms with Crippen LogP contribution in [0, 0.1) is 26.0 Å². The molecule has 2 aromatic rings. The van der Waals surface area contributed by atoms with Gasteiger partial charge >= 0.3 is 0 Å². The van der Waals surface area contributed by atoms with E-state index in [4.69, 9.17) is 0 Å². The van der Waals surface area contributed by atoms with Crippen LogP contribution in [0.4, 0.5) is 0 Å². The van der Waals surface area contributed by atoms with Crippen molar-refractivity contribution in [3.8, 4) is 0 Å². The third-order valence-electron chi connectivity index (χ3n) is 3.70. The minimum absolute atomic E-state index is 0. The molecule has 26 heavy (non-hydrogen) atoms. The monoisotopic (exact) mass is 536 g/mol. The Bertz CT molecular complexity index is 441. The molecule has 0 fully saturated rings. The van der Waals surface area contributed by atoms with Crippen molar-refractivity contribution in [2.45, 2.75) is 38.5 Å². The van der Waals surface area contributed by atoms with E-state index >= 15 is 0 Å². The Morgan fingerprint density at radius 1 is 0.731 bits per heavy atom. The van der Waals surface area contributed by atoms with Gasteiger partial charge in [-0.15, -0.1) is 18.5 Å². The summed E-state index contributed by atoms with van der Waals surface area (Å²) >= 11 is 0. The fourth-order valence-corrected chi connectivity index (χ4v) is 1.98. The van der Waals surface area contributed by atoms with Gasteiger partial charge in [-0.25, -0.2) is 0 Å². The fraction of sp³-hybridized carbons (Fsp3) is 0.364. The molecule has 0 aliphatic carbocycles. The van der Waals surface area contributed by atoms with E-state index in [1.807, 2.05) is 24.3 Å². The summed E-state index contributed by atoms with van der Waals surface area (Å²) < 4.78 is 0. The molecular weight excluding hydrogens is 504 g/mol. The molecule has 0 nitrogen and oxygen atoms in total. The minimum Gasteiger partial charge on any atom is -0.343 e. The molecule has 0 bridgehead atoms. The van der Waals surface area contributed by atoms with Crippen molar-refractivity contribution in [3.05, 3.63) is 85.6 Å². The molecule has 0 saturated carbocycles. The zero-order valence-corrected chi connectivity index (χ0v) is 24.3. The van der Waals surface area contributed by atoms with Gasteiger partial charge in [-0.05, 0) is 11.8 Å². The minimum atomic E-state index is 0. The van der Waals surface area contributed by atoms with Crippen LogP contribution >= 0.6 is 18.5 Å². The summed E-state index contributed by atoms with van der Waals surface area (Å²) in [5.74, 6) is 1.05. The van der Waals surface area contributed by atoms with E-state index in [2.05, 4.69) is 82.6 Å². The van der Waals surface area contributed by atoms with Gasteiger partial charge in [-0.3, -0.25) is 0 Å². The smallest absolute Gasteiger partial charge is 0 e. The first-order valence-electron chi connectivity index (χ1n) is 8.52. The van der Waals surface area contributed by atoms with Crippen LogP contribution in [0.2, 0.25) is 0 Å². The van der Waals surface area contributed by atoms with E-state index < -0.39 is 0 Å². The molecule has 2 aromatic carbocycles. The predicted octanol–water partition coefficient (Wildman–Crippen LogP) is 6.36. The predicted molar refractivity (Wildman–Crippen MR) is 116 cm³/mol. The summed E-state index contributed by atoms with van der Waals surface area (Å²) in [4.78, 5) is 0. The molecule has 0 N–H and O–H groups in total. The Hall–Kier alpha value is 1.51. The zero-order chi connectivity index (χ0) is 18.2. The quantitative estimate of drug-likeness (QED) is 0.308. The fourth-order valence-electron chi connectivity index (χ4n) is 1.98. The van der Waals surface area contributed by atoms with E-state index in [9.17, 15) is 0 Å². The van der Waals surface area contributed by atoms with Crippen molar-refractivity contribution in [2.24, 2.45) is 0 Å². The molecule has 0 heterocycles. The third kappa shape index (κ3) is 15.4. The van der Waals surface area contributed by atoms with Crippen LogP contribution in [0.3, 0.4) is 0 Å². The molecule has 0 amide bonds. The van der Waals surface area contributed by atoms with Gasteiger partial charge in [0.2, 0.25) is 0 Å². The Kier molecular flexibility index (Phi) is 28.2. The Morgan fingerprint density at radius 3 is 1.15 bits per heavy atom. The van der Waals surface area contributed by atoms with Crippen LogP contribution in [0.15, 0.2) is 48.5 Å². The summed E-state index contributed by atoms with van der Waals surface area (Å²) in [5.41, 5.74) is 2.75. The van der Waals surface area contributed by atoms with E-state index in [0.717, 1.165) is 25.2 Å². The standard InChI is InChI=1S/C16H16.2C3H8P.2Y/c1-13(15-9-5-3-6-10-15)14(2)16-11-7-4-8-12-16;2*1-2-3-4;;/h5-14H,1-2H3;2*1-4H2;;/q-2;2*-1;;. The third-order valence-corrected chi connectivity index (χ3v) is 4.51. The molecular formula is C22H32P2Y2-4. The number of hydrogen-bond donors (Lipinski definition) is 0. The van der Waals surface area contributed by atoms with Gasteiger partial charge in [0.25, 0.3) is 0 Å². The van der Waals surface area contributed by atoms with Gasteiger partial charge in [0, 0.05) is 65.4 Å². The molecule has 4 heteroatoms. The second-order valence-electron chi connectivity index (χ2n) is 5.53. The van der Waals surface area contributed by atoms with Gasteiger partial charge in [0.1, 0.15) is 0 Å². The Morgan fingerprint density at radius 2 is 0.962 bits per heavy atom. The number of benzene rings is 2. The first kappa shape index (κ1) is 32.2. The molecule has 4 unspecified atom stereocenters. The SMILES string of the molecule is CC(c1cc[c-]cc1)C(C)c1cc[c-]cc1.[CH2-]CCP.[CH2-]CCP.[Y].[Y]. The Balaban J connectivity index is -0.000000454. The van der Waals surface area contributed by atoms with E-state index in [0.29, 0.717) is 11.8 Å². The summed E-state index contributed by atoms with van der Waals surface area (Å²) in [6.45, 7) is 11.7. The van der Waals surface area contributed by atoms with E-state index in [-0.39, 0.29) is 65.4 Å². The zero-order valence-electron chi connectivity index (χ0n) is 16.3. The largest absolute Gasteiger partial charge is 0.343 e. The van der Waals surface area contributed by atoms with Crippen molar-refractivity contribution >= 4 is 18.5 Å². The van der Waals surface area contributed by atoms with Crippen LogP contribution in [-0.4, -0.2) is 12.3 Å². The van der Waals surface area contributed by atoms with E-state index in [1.54, 1.807) is 0 Å². The summed E-state index contributed by atoms with van der Waals surface area (Å²) in [5, 5.41) is 0. The second-order valence-corrected chi connectivity index (χ2v) is 6.68. The maximum Gasteiger partial charge on any atom is 0 e. The van der Waals surface area contributed by atoms with Gasteiger partial charge in [-0.2, -0.15) is 84.6 Å². The molecule has 4 atom stereocenters. The maximum absolute atomic E-state index is 3.58. The molecule has 0 saturated heterocycles. The van der Waals surface area contributed by atoms with E-state index in [1.165, 1.54) is 11.1 Å². The average Bonchev–Trinajstić information content (AvgIpc) is 2.68. The van der Waals surface area contributed by atoms with Crippen LogP contribution < -0.4 is 0 Å². The first-order valence-corrected chi connectivity index (χ1v) is 10.2. The molecule has 140 valence electrons. The van der Waals surface area contributed by atoms with Crippen molar-refractivity contribution < 1.29 is 65.4 Å². The summed E-state index contributed by atoms with van der Waals surface area (Å²) in [6.07, 6.45) is 4.31. The van der Waals surface area contributed by atoms with Crippen LogP contribution in [-0.2, 0) is 65.4 Å². The summed E-state index contributed by atoms with van der Waals surface area (Å²) in [7, 11) is 5.19. The normalized spacial score (nSPS) is 11.2. The second kappa shape index (κ2) is 22.8. The van der Waals surface area contributed by atoms with Gasteiger partial charge in [0.05, 0.1) is 0 Å². The van der Waals surface area contributed by atoms with Gasteiger partial charge < -0.3 is 13.8 Å². The van der Waals surface area contributed by atoms with Crippen molar-refractivity contribution in [1.29, 1.82) is 0 Å². The topological polar surface area (TPSA) is 0 Å². The first-order chi connectivity index (χ1) is 11.6. The number of hydrogen-bond acceptors (Lipinski definition) is 0. The average molecular weight is 536 g/mol. The number of rotatable bonds is 5. The molecule has 2 rings (SSSR count). The van der Waals surface area contributed by atoms with Crippen molar-refractivity contribution in [3.63, 3.8) is 0 Å². The molecule has 0 aromatic heterocycles. The van der Waals surface area contributed by atoms with Gasteiger partial charge in [0.15, 0.2) is 0 Å².